The van der Waals surface area contributed by atoms with Gasteiger partial charge in [0.1, 0.15) is 11.5 Å². The Balaban J connectivity index is 1.40. The van der Waals surface area contributed by atoms with Gasteiger partial charge in [0.2, 0.25) is 0 Å². The second-order valence-electron chi connectivity index (χ2n) is 10.6. The first-order valence-electron chi connectivity index (χ1n) is 12.8. The molecule has 5 rings (SSSR count). The highest BCUT2D eigenvalue weighted by Crippen LogP contribution is 2.59. The van der Waals surface area contributed by atoms with E-state index in [2.05, 4.69) is 31.2 Å². The van der Waals surface area contributed by atoms with Gasteiger partial charge in [0.25, 0.3) is 0 Å². The van der Waals surface area contributed by atoms with E-state index in [1.807, 2.05) is 6.08 Å². The van der Waals surface area contributed by atoms with Crippen molar-refractivity contribution in [3.63, 3.8) is 0 Å². The van der Waals surface area contributed by atoms with Crippen molar-refractivity contribution in [3.8, 4) is 5.75 Å². The van der Waals surface area contributed by atoms with Crippen LogP contribution in [-0.4, -0.2) is 24.1 Å². The molecule has 4 heteroatoms. The van der Waals surface area contributed by atoms with Crippen molar-refractivity contribution in [3.05, 3.63) is 52.6 Å². The van der Waals surface area contributed by atoms with Crippen LogP contribution in [0, 0.1) is 17.3 Å². The Morgan fingerprint density at radius 2 is 1.85 bits per heavy atom. The minimum absolute atomic E-state index is 0.126. The van der Waals surface area contributed by atoms with Gasteiger partial charge in [-0.3, -0.25) is 9.59 Å². The third kappa shape index (κ3) is 4.22. The first kappa shape index (κ1) is 22.9. The van der Waals surface area contributed by atoms with E-state index in [0.717, 1.165) is 63.5 Å². The van der Waals surface area contributed by atoms with Crippen molar-refractivity contribution < 1.29 is 14.3 Å². The van der Waals surface area contributed by atoms with Crippen LogP contribution in [0.1, 0.15) is 82.6 Å². The van der Waals surface area contributed by atoms with Crippen LogP contribution in [0.15, 0.2) is 47.1 Å². The molecule has 0 bridgehead atoms. The molecule has 0 radical (unpaired) electrons. The molecule has 3 nitrogen and oxygen atoms in total. The van der Waals surface area contributed by atoms with Crippen LogP contribution < -0.4 is 4.74 Å². The quantitative estimate of drug-likeness (QED) is 0.322. The highest BCUT2D eigenvalue weighted by molar-refractivity contribution is 6.17. The minimum Gasteiger partial charge on any atom is -0.494 e. The molecular formula is C29H35ClO3. The molecule has 0 unspecified atom stereocenters. The van der Waals surface area contributed by atoms with E-state index in [4.69, 9.17) is 16.3 Å². The number of benzene rings is 1. The average Bonchev–Trinajstić information content (AvgIpc) is 3.13. The lowest BCUT2D eigenvalue weighted by Crippen LogP contribution is -2.40. The molecule has 2 fully saturated rings. The molecule has 0 heterocycles. The maximum absolute atomic E-state index is 12.7. The van der Waals surface area contributed by atoms with E-state index in [9.17, 15) is 9.59 Å². The summed E-state index contributed by atoms with van der Waals surface area (Å²) in [5.41, 5.74) is 5.33. The SMILES string of the molecule is C[C@]12CCC3=C4C(=CC(=O)C[C@H]4c4ccc(OCCCCCCl)cc4)CC[C@H]3[C@@H]1CCC2=O. The maximum Gasteiger partial charge on any atom is 0.156 e. The molecule has 4 aliphatic carbocycles. The molecule has 0 spiro atoms. The number of hydrogen-bond acceptors (Lipinski definition) is 3. The van der Waals surface area contributed by atoms with Gasteiger partial charge in [-0.25, -0.2) is 0 Å². The molecule has 1 aromatic rings. The van der Waals surface area contributed by atoms with Crippen LogP contribution in [-0.2, 0) is 9.59 Å². The summed E-state index contributed by atoms with van der Waals surface area (Å²) in [4.78, 5) is 25.3. The van der Waals surface area contributed by atoms with Crippen LogP contribution in [0.2, 0.25) is 0 Å². The fraction of sp³-hybridized carbons (Fsp3) is 0.586. The van der Waals surface area contributed by atoms with Gasteiger partial charge in [-0.2, -0.15) is 0 Å². The topological polar surface area (TPSA) is 43.4 Å². The molecule has 0 saturated heterocycles. The Morgan fingerprint density at radius 3 is 2.64 bits per heavy atom. The summed E-state index contributed by atoms with van der Waals surface area (Å²) >= 11 is 5.74. The molecule has 1 aromatic carbocycles. The first-order chi connectivity index (χ1) is 16.0. The second kappa shape index (κ2) is 9.41. The van der Waals surface area contributed by atoms with E-state index in [-0.39, 0.29) is 17.1 Å². The Kier molecular flexibility index (Phi) is 6.53. The average molecular weight is 467 g/mol. The van der Waals surface area contributed by atoms with Gasteiger partial charge >= 0.3 is 0 Å². The number of unbranched alkanes of at least 4 members (excludes halogenated alkanes) is 2. The zero-order valence-corrected chi connectivity index (χ0v) is 20.5. The minimum atomic E-state index is -0.126. The molecule has 4 aliphatic rings. The normalized spacial score (nSPS) is 31.1. The molecular weight excluding hydrogens is 432 g/mol. The fourth-order valence-corrected chi connectivity index (χ4v) is 7.24. The number of allylic oxidation sites excluding steroid dienone is 4. The number of Topliss-reactive ketones (excluding diaryl/α,β-unsaturated/α-hetero) is 1. The lowest BCUT2D eigenvalue weighted by Gasteiger charge is -2.47. The van der Waals surface area contributed by atoms with Crippen LogP contribution in [0.5, 0.6) is 5.75 Å². The van der Waals surface area contributed by atoms with E-state index >= 15 is 0 Å². The second-order valence-corrected chi connectivity index (χ2v) is 11.0. The number of halogens is 1. The summed E-state index contributed by atoms with van der Waals surface area (Å²) in [5.74, 6) is 3.44. The third-order valence-electron chi connectivity index (χ3n) is 8.82. The molecule has 33 heavy (non-hydrogen) atoms. The van der Waals surface area contributed by atoms with Crippen LogP contribution >= 0.6 is 11.6 Å². The van der Waals surface area contributed by atoms with Crippen molar-refractivity contribution in [2.24, 2.45) is 17.3 Å². The lowest BCUT2D eigenvalue weighted by atomic mass is 9.56. The third-order valence-corrected chi connectivity index (χ3v) is 9.09. The number of rotatable bonds is 7. The summed E-state index contributed by atoms with van der Waals surface area (Å²) in [6.07, 6.45) is 11.4. The van der Waals surface area contributed by atoms with Gasteiger partial charge in [-0.15, -0.1) is 11.6 Å². The van der Waals surface area contributed by atoms with E-state index < -0.39 is 0 Å². The number of fused-ring (bicyclic) bond motifs is 4. The van der Waals surface area contributed by atoms with Crippen molar-refractivity contribution in [2.45, 2.75) is 77.0 Å². The summed E-state index contributed by atoms with van der Waals surface area (Å²) in [7, 11) is 0. The van der Waals surface area contributed by atoms with E-state index in [1.54, 1.807) is 5.57 Å². The number of alkyl halides is 1. The summed E-state index contributed by atoms with van der Waals surface area (Å²) in [6, 6.07) is 8.41. The number of ether oxygens (including phenoxy) is 1. The zero-order valence-electron chi connectivity index (χ0n) is 19.7. The molecule has 0 aromatic heterocycles. The van der Waals surface area contributed by atoms with Gasteiger partial charge in [0.15, 0.2) is 5.78 Å². The van der Waals surface area contributed by atoms with Gasteiger partial charge in [-0.1, -0.05) is 24.6 Å². The van der Waals surface area contributed by atoms with Crippen molar-refractivity contribution in [2.75, 3.05) is 12.5 Å². The van der Waals surface area contributed by atoms with Gasteiger partial charge < -0.3 is 4.74 Å². The molecule has 4 atom stereocenters. The molecule has 0 amide bonds. The Hall–Kier alpha value is -1.87. The molecule has 0 N–H and O–H groups in total. The summed E-state index contributed by atoms with van der Waals surface area (Å²) < 4.78 is 5.91. The van der Waals surface area contributed by atoms with Crippen molar-refractivity contribution >= 4 is 23.2 Å². The Bertz CT molecular complexity index is 989. The number of ketones is 2. The largest absolute Gasteiger partial charge is 0.494 e. The predicted octanol–water partition coefficient (Wildman–Crippen LogP) is 6.94. The fourth-order valence-electron chi connectivity index (χ4n) is 7.05. The standard InChI is InChI=1S/C29H35ClO3/c1-29-14-13-24-23(26(29)11-12-27(29)32)10-7-20-17-21(31)18-25(28(20)24)19-5-8-22(9-6-19)33-16-4-2-3-15-30/h5-6,8-9,17,23,25-26H,2-4,7,10-16,18H2,1H3/t23-,25+,26+,29+/m1/s1. The summed E-state index contributed by atoms with van der Waals surface area (Å²) in [5, 5.41) is 0. The highest BCUT2D eigenvalue weighted by atomic mass is 35.5. The first-order valence-corrected chi connectivity index (χ1v) is 13.3. The molecule has 0 aliphatic heterocycles. The van der Waals surface area contributed by atoms with Crippen molar-refractivity contribution in [1.29, 1.82) is 0 Å². The van der Waals surface area contributed by atoms with Crippen LogP contribution in [0.25, 0.3) is 0 Å². The number of carbonyl (C=O) groups is 2. The number of carbonyl (C=O) groups excluding carboxylic acids is 2. The van der Waals surface area contributed by atoms with Gasteiger partial charge in [0.05, 0.1) is 6.61 Å². The van der Waals surface area contributed by atoms with E-state index in [0.29, 0.717) is 36.5 Å². The molecule has 176 valence electrons. The lowest BCUT2D eigenvalue weighted by molar-refractivity contribution is -0.128. The highest BCUT2D eigenvalue weighted by Gasteiger charge is 2.53. The van der Waals surface area contributed by atoms with E-state index in [1.165, 1.54) is 16.7 Å². The monoisotopic (exact) mass is 466 g/mol. The predicted molar refractivity (Wildman–Crippen MR) is 132 cm³/mol. The Morgan fingerprint density at radius 1 is 1.03 bits per heavy atom. The maximum atomic E-state index is 12.7. The van der Waals surface area contributed by atoms with Crippen LogP contribution in [0.4, 0.5) is 0 Å². The zero-order chi connectivity index (χ0) is 23.0. The Labute approximate surface area is 202 Å². The smallest absolute Gasteiger partial charge is 0.156 e. The number of hydrogen-bond donors (Lipinski definition) is 0. The van der Waals surface area contributed by atoms with Crippen molar-refractivity contribution in [1.82, 2.24) is 0 Å². The van der Waals surface area contributed by atoms with Crippen LogP contribution in [0.3, 0.4) is 0 Å². The molecule has 2 saturated carbocycles. The summed E-state index contributed by atoms with van der Waals surface area (Å²) in [6.45, 7) is 2.93. The van der Waals surface area contributed by atoms with Gasteiger partial charge in [-0.05, 0) is 98.1 Å². The van der Waals surface area contributed by atoms with Gasteiger partial charge in [0, 0.05) is 30.1 Å².